The summed E-state index contributed by atoms with van der Waals surface area (Å²) >= 11 is 6.17. The van der Waals surface area contributed by atoms with Crippen LogP contribution >= 0.6 is 11.6 Å². The predicted octanol–water partition coefficient (Wildman–Crippen LogP) is 3.06. The van der Waals surface area contributed by atoms with Crippen LogP contribution in [0.5, 0.6) is 0 Å². The normalized spacial score (nSPS) is 24.6. The number of nitrogens with zero attached hydrogens (tertiary/aromatic N) is 1. The van der Waals surface area contributed by atoms with Gasteiger partial charge in [-0.05, 0) is 48.9 Å². The molecule has 2 aliphatic rings. The molecule has 1 aromatic rings. The average Bonchev–Trinajstić information content (AvgIpc) is 3.06. The topological polar surface area (TPSA) is 24.5 Å². The summed E-state index contributed by atoms with van der Waals surface area (Å²) in [6.45, 7) is 3.68. The second-order valence-electron chi connectivity index (χ2n) is 5.93. The zero-order valence-corrected chi connectivity index (χ0v) is 12.8. The first kappa shape index (κ1) is 14.2. The van der Waals surface area contributed by atoms with Gasteiger partial charge in [0.1, 0.15) is 0 Å². The predicted molar refractivity (Wildman–Crippen MR) is 83.5 cm³/mol. The standard InChI is InChI=1S/C16H23ClN2O/c1-20-7-6-18-10-13-9-14(17)3-5-16(13)19-11-12-2-4-15(19)8-12/h3,5,9,12,15,18H,2,4,6-8,10-11H2,1H3. The van der Waals surface area contributed by atoms with Crippen LogP contribution < -0.4 is 10.2 Å². The summed E-state index contributed by atoms with van der Waals surface area (Å²) in [4.78, 5) is 2.60. The lowest BCUT2D eigenvalue weighted by molar-refractivity contribution is 0.199. The summed E-state index contributed by atoms with van der Waals surface area (Å²) in [6.07, 6.45) is 4.14. The van der Waals surface area contributed by atoms with Gasteiger partial charge in [-0.1, -0.05) is 11.6 Å². The van der Waals surface area contributed by atoms with E-state index in [1.165, 1.54) is 37.1 Å². The number of ether oxygens (including phenoxy) is 1. The molecule has 20 heavy (non-hydrogen) atoms. The van der Waals surface area contributed by atoms with Gasteiger partial charge in [-0.25, -0.2) is 0 Å². The van der Waals surface area contributed by atoms with E-state index >= 15 is 0 Å². The number of rotatable bonds is 6. The molecule has 1 aliphatic carbocycles. The molecule has 0 spiro atoms. The quantitative estimate of drug-likeness (QED) is 0.816. The number of hydrogen-bond acceptors (Lipinski definition) is 3. The van der Waals surface area contributed by atoms with Crippen LogP contribution in [-0.4, -0.2) is 32.8 Å². The Morgan fingerprint density at radius 1 is 1.40 bits per heavy atom. The van der Waals surface area contributed by atoms with E-state index in [2.05, 4.69) is 22.3 Å². The number of anilines is 1. The Bertz CT molecular complexity index is 466. The SMILES string of the molecule is COCCNCc1cc(Cl)ccc1N1CC2CCC1C2. The van der Waals surface area contributed by atoms with E-state index in [4.69, 9.17) is 16.3 Å². The van der Waals surface area contributed by atoms with E-state index in [-0.39, 0.29) is 0 Å². The van der Waals surface area contributed by atoms with Crippen LogP contribution in [0, 0.1) is 5.92 Å². The van der Waals surface area contributed by atoms with Crippen LogP contribution in [0.1, 0.15) is 24.8 Å². The van der Waals surface area contributed by atoms with Crippen LogP contribution in [-0.2, 0) is 11.3 Å². The molecule has 4 heteroatoms. The van der Waals surface area contributed by atoms with E-state index in [1.807, 2.05) is 6.07 Å². The Morgan fingerprint density at radius 2 is 2.30 bits per heavy atom. The van der Waals surface area contributed by atoms with Gasteiger partial charge in [0.25, 0.3) is 0 Å². The highest BCUT2D eigenvalue weighted by Gasteiger charge is 2.38. The maximum absolute atomic E-state index is 6.17. The largest absolute Gasteiger partial charge is 0.383 e. The fraction of sp³-hybridized carbons (Fsp3) is 0.625. The summed E-state index contributed by atoms with van der Waals surface area (Å²) in [7, 11) is 1.73. The lowest BCUT2D eigenvalue weighted by atomic mass is 10.1. The molecule has 1 aromatic carbocycles. The molecule has 3 rings (SSSR count). The van der Waals surface area contributed by atoms with Crippen LogP contribution in [0.25, 0.3) is 0 Å². The molecule has 1 saturated heterocycles. The first-order chi connectivity index (χ1) is 9.78. The zero-order chi connectivity index (χ0) is 13.9. The van der Waals surface area contributed by atoms with E-state index in [1.54, 1.807) is 7.11 Å². The molecule has 2 fully saturated rings. The number of halogens is 1. The van der Waals surface area contributed by atoms with Crippen molar-refractivity contribution in [1.82, 2.24) is 5.32 Å². The Balaban J connectivity index is 1.72. The third-order valence-corrected chi connectivity index (χ3v) is 4.79. The van der Waals surface area contributed by atoms with Crippen molar-refractivity contribution in [2.75, 3.05) is 31.7 Å². The fourth-order valence-electron chi connectivity index (χ4n) is 3.59. The van der Waals surface area contributed by atoms with Gasteiger partial charge in [0.05, 0.1) is 6.61 Å². The maximum Gasteiger partial charge on any atom is 0.0587 e. The highest BCUT2D eigenvalue weighted by Crippen LogP contribution is 2.41. The van der Waals surface area contributed by atoms with Gasteiger partial charge in [0, 0.05) is 43.5 Å². The van der Waals surface area contributed by atoms with Crippen LogP contribution in [0.2, 0.25) is 5.02 Å². The lowest BCUT2D eigenvalue weighted by Crippen LogP contribution is -2.33. The van der Waals surface area contributed by atoms with Gasteiger partial charge in [0.2, 0.25) is 0 Å². The number of benzene rings is 1. The van der Waals surface area contributed by atoms with Crippen molar-refractivity contribution in [3.63, 3.8) is 0 Å². The van der Waals surface area contributed by atoms with Crippen molar-refractivity contribution in [3.8, 4) is 0 Å². The highest BCUT2D eigenvalue weighted by molar-refractivity contribution is 6.30. The number of piperidine rings is 1. The van der Waals surface area contributed by atoms with Gasteiger partial charge in [-0.2, -0.15) is 0 Å². The molecule has 1 N–H and O–H groups in total. The molecule has 1 saturated carbocycles. The van der Waals surface area contributed by atoms with Gasteiger partial charge in [-0.3, -0.25) is 0 Å². The minimum absolute atomic E-state index is 0.740. The molecular weight excluding hydrogens is 272 g/mol. The van der Waals surface area contributed by atoms with Gasteiger partial charge < -0.3 is 15.0 Å². The molecule has 2 bridgehead atoms. The Kier molecular flexibility index (Phi) is 4.49. The number of methoxy groups -OCH3 is 1. The van der Waals surface area contributed by atoms with Crippen molar-refractivity contribution in [2.24, 2.45) is 5.92 Å². The zero-order valence-electron chi connectivity index (χ0n) is 12.1. The number of fused-ring (bicyclic) bond motifs is 2. The summed E-state index contributed by atoms with van der Waals surface area (Å²) < 4.78 is 5.07. The van der Waals surface area contributed by atoms with Crippen molar-refractivity contribution in [3.05, 3.63) is 28.8 Å². The Morgan fingerprint density at radius 3 is 3.00 bits per heavy atom. The summed E-state index contributed by atoms with van der Waals surface area (Å²) in [5, 5.41) is 4.25. The van der Waals surface area contributed by atoms with Crippen molar-refractivity contribution >= 4 is 17.3 Å². The minimum Gasteiger partial charge on any atom is -0.383 e. The third kappa shape index (κ3) is 2.95. The number of nitrogens with one attached hydrogen (secondary N) is 1. The van der Waals surface area contributed by atoms with E-state index in [0.717, 1.165) is 36.7 Å². The van der Waals surface area contributed by atoms with Crippen LogP contribution in [0.3, 0.4) is 0 Å². The molecule has 0 amide bonds. The Hall–Kier alpha value is -0.770. The van der Waals surface area contributed by atoms with Crippen LogP contribution in [0.15, 0.2) is 18.2 Å². The van der Waals surface area contributed by atoms with E-state index < -0.39 is 0 Å². The summed E-state index contributed by atoms with van der Waals surface area (Å²) in [5.74, 6) is 0.907. The smallest absolute Gasteiger partial charge is 0.0587 e. The molecule has 1 aliphatic heterocycles. The molecule has 1 heterocycles. The van der Waals surface area contributed by atoms with Crippen molar-refractivity contribution in [1.29, 1.82) is 0 Å². The van der Waals surface area contributed by atoms with Gasteiger partial charge in [-0.15, -0.1) is 0 Å². The number of hydrogen-bond donors (Lipinski definition) is 1. The van der Waals surface area contributed by atoms with Crippen molar-refractivity contribution in [2.45, 2.75) is 31.8 Å². The Labute approximate surface area is 126 Å². The molecule has 0 aromatic heterocycles. The first-order valence-corrected chi connectivity index (χ1v) is 7.90. The molecule has 110 valence electrons. The molecular formula is C16H23ClN2O. The summed E-state index contributed by atoms with van der Waals surface area (Å²) in [5.41, 5.74) is 2.67. The third-order valence-electron chi connectivity index (χ3n) is 4.56. The molecule has 3 nitrogen and oxygen atoms in total. The first-order valence-electron chi connectivity index (χ1n) is 7.52. The average molecular weight is 295 g/mol. The second-order valence-corrected chi connectivity index (χ2v) is 6.36. The molecule has 0 radical (unpaired) electrons. The molecule has 2 unspecified atom stereocenters. The van der Waals surface area contributed by atoms with Crippen LogP contribution in [0.4, 0.5) is 5.69 Å². The van der Waals surface area contributed by atoms with E-state index in [9.17, 15) is 0 Å². The summed E-state index contributed by atoms with van der Waals surface area (Å²) in [6, 6.07) is 7.06. The van der Waals surface area contributed by atoms with E-state index in [0.29, 0.717) is 0 Å². The fourth-order valence-corrected chi connectivity index (χ4v) is 3.79. The van der Waals surface area contributed by atoms with Gasteiger partial charge >= 0.3 is 0 Å². The maximum atomic E-state index is 6.17. The second kappa shape index (κ2) is 6.33. The van der Waals surface area contributed by atoms with Crippen molar-refractivity contribution < 1.29 is 4.74 Å². The minimum atomic E-state index is 0.740. The monoisotopic (exact) mass is 294 g/mol. The van der Waals surface area contributed by atoms with Gasteiger partial charge in [0.15, 0.2) is 0 Å². The highest BCUT2D eigenvalue weighted by atomic mass is 35.5. The lowest BCUT2D eigenvalue weighted by Gasteiger charge is -2.31. The molecule has 2 atom stereocenters.